The van der Waals surface area contributed by atoms with Gasteiger partial charge in [-0.15, -0.1) is 6.42 Å². The van der Waals surface area contributed by atoms with Crippen LogP contribution in [0.1, 0.15) is 33.8 Å². The minimum Gasteiger partial charge on any atom is -0.481 e. The molecule has 0 saturated heterocycles. The molecule has 8 heteroatoms. The topological polar surface area (TPSA) is 68.2 Å². The van der Waals surface area contributed by atoms with Crippen molar-refractivity contribution in [3.63, 3.8) is 0 Å². The lowest BCUT2D eigenvalue weighted by molar-refractivity contribution is -0.131. The molecule has 1 atom stereocenters. The van der Waals surface area contributed by atoms with Gasteiger partial charge in [0.05, 0.1) is 5.56 Å². The largest absolute Gasteiger partial charge is 0.481 e. The molecule has 0 N–H and O–H groups in total. The zero-order valence-corrected chi connectivity index (χ0v) is 19.7. The minimum atomic E-state index is -0.544. The monoisotopic (exact) mass is 490 g/mol. The third-order valence-corrected chi connectivity index (χ3v) is 6.28. The first-order valence-corrected chi connectivity index (χ1v) is 11.5. The summed E-state index contributed by atoms with van der Waals surface area (Å²) in [6.45, 7) is 1.37. The maximum atomic E-state index is 13.7. The fraction of sp³-hybridized carbons (Fsp3) is 0.115. The van der Waals surface area contributed by atoms with E-state index < -0.39 is 17.3 Å². The van der Waals surface area contributed by atoms with Crippen LogP contribution in [0.3, 0.4) is 0 Å². The molecule has 0 radical (unpaired) electrons. The summed E-state index contributed by atoms with van der Waals surface area (Å²) < 4.78 is 11.0. The van der Waals surface area contributed by atoms with Crippen LogP contribution in [0.5, 0.6) is 11.5 Å². The number of esters is 1. The van der Waals surface area contributed by atoms with E-state index in [1.54, 1.807) is 42.5 Å². The van der Waals surface area contributed by atoms with Gasteiger partial charge in [0.15, 0.2) is 0 Å². The molecule has 1 aliphatic rings. The van der Waals surface area contributed by atoms with Crippen LogP contribution in [0.2, 0.25) is 5.02 Å². The number of hydrazone groups is 1. The molecule has 1 amide bonds. The number of hydrogen-bond donors (Lipinski definition) is 0. The molecule has 4 rings (SSSR count). The number of hydrogen-bond acceptors (Lipinski definition) is 6. The molecule has 34 heavy (non-hydrogen) atoms. The molecule has 1 unspecified atom stereocenters. The average Bonchev–Trinajstić information content (AvgIpc) is 3.28. The predicted molar refractivity (Wildman–Crippen MR) is 133 cm³/mol. The molecule has 1 aliphatic heterocycles. The molecule has 0 bridgehead atoms. The Balaban J connectivity index is 1.78. The first-order chi connectivity index (χ1) is 16.5. The number of carbonyl (C=O) groups excluding carboxylic acids is 2. The number of terminal acetylenes is 1. The Hall–Kier alpha value is -3.73. The van der Waals surface area contributed by atoms with Gasteiger partial charge in [-0.05, 0) is 30.3 Å². The second-order valence-corrected chi connectivity index (χ2v) is 8.66. The zero-order chi connectivity index (χ0) is 24.1. The SMILES string of the molecule is C#CCOc1ccccc1C1SC(c2ccc(Cl)cc2)=NN1C(=O)c1ccccc1OC(C)=O. The van der Waals surface area contributed by atoms with E-state index in [-0.39, 0.29) is 17.9 Å². The maximum Gasteiger partial charge on any atom is 0.308 e. The molecule has 6 nitrogen and oxygen atoms in total. The number of para-hydroxylation sites is 2. The van der Waals surface area contributed by atoms with Gasteiger partial charge in [-0.25, -0.2) is 5.01 Å². The standard InChI is InChI=1S/C26H19ClN2O4S/c1-3-16-32-22-10-6-5-9-21(22)26-29(28-24(34-26)18-12-14-19(27)15-13-18)25(31)20-8-4-7-11-23(20)33-17(2)30/h1,4-15,26H,16H2,2H3. The van der Waals surface area contributed by atoms with Crippen LogP contribution >= 0.6 is 23.4 Å². The van der Waals surface area contributed by atoms with Gasteiger partial charge in [0, 0.05) is 23.1 Å². The van der Waals surface area contributed by atoms with Crippen molar-refractivity contribution < 1.29 is 19.1 Å². The van der Waals surface area contributed by atoms with Crippen LogP contribution in [-0.2, 0) is 4.79 Å². The Morgan fingerprint density at radius 1 is 1.06 bits per heavy atom. The van der Waals surface area contributed by atoms with Crippen LogP contribution < -0.4 is 9.47 Å². The number of rotatable bonds is 6. The molecule has 0 fully saturated rings. The Bertz CT molecular complexity index is 1300. The fourth-order valence-corrected chi connectivity index (χ4v) is 4.65. The van der Waals surface area contributed by atoms with Crippen molar-refractivity contribution in [2.75, 3.05) is 6.61 Å². The molecular weight excluding hydrogens is 472 g/mol. The maximum absolute atomic E-state index is 13.7. The second-order valence-electron chi connectivity index (χ2n) is 7.15. The summed E-state index contributed by atoms with van der Waals surface area (Å²) in [5, 5.41) is 6.70. The number of nitrogens with zero attached hydrogens (tertiary/aromatic N) is 2. The van der Waals surface area contributed by atoms with E-state index in [4.69, 9.17) is 27.5 Å². The van der Waals surface area contributed by atoms with E-state index in [1.807, 2.05) is 30.3 Å². The molecule has 3 aromatic rings. The van der Waals surface area contributed by atoms with E-state index >= 15 is 0 Å². The van der Waals surface area contributed by atoms with Crippen LogP contribution in [0, 0.1) is 12.3 Å². The molecule has 3 aromatic carbocycles. The summed E-state index contributed by atoms with van der Waals surface area (Å²) in [5.41, 5.74) is 1.75. The number of halogens is 1. The summed E-state index contributed by atoms with van der Waals surface area (Å²) in [6, 6.07) is 21.1. The van der Waals surface area contributed by atoms with Crippen molar-refractivity contribution in [3.8, 4) is 23.8 Å². The highest BCUT2D eigenvalue weighted by molar-refractivity contribution is 8.14. The van der Waals surface area contributed by atoms with E-state index in [9.17, 15) is 9.59 Å². The highest BCUT2D eigenvalue weighted by Crippen LogP contribution is 2.45. The van der Waals surface area contributed by atoms with Crippen molar-refractivity contribution in [3.05, 3.63) is 94.5 Å². The normalized spacial score (nSPS) is 14.8. The van der Waals surface area contributed by atoms with Gasteiger partial charge in [-0.1, -0.05) is 71.7 Å². The molecule has 0 aromatic heterocycles. The number of carbonyl (C=O) groups is 2. The molecular formula is C26H19ClN2O4S. The first-order valence-electron chi connectivity index (χ1n) is 10.3. The minimum absolute atomic E-state index is 0.0858. The Morgan fingerprint density at radius 3 is 2.44 bits per heavy atom. The van der Waals surface area contributed by atoms with Crippen molar-refractivity contribution >= 4 is 40.3 Å². The molecule has 0 aliphatic carbocycles. The smallest absolute Gasteiger partial charge is 0.308 e. The summed E-state index contributed by atoms with van der Waals surface area (Å²) >= 11 is 7.44. The van der Waals surface area contributed by atoms with Gasteiger partial charge in [0.1, 0.15) is 28.5 Å². The van der Waals surface area contributed by atoms with Crippen molar-refractivity contribution in [1.82, 2.24) is 5.01 Å². The van der Waals surface area contributed by atoms with Gasteiger partial charge >= 0.3 is 5.97 Å². The van der Waals surface area contributed by atoms with E-state index in [2.05, 4.69) is 11.0 Å². The lowest BCUT2D eigenvalue weighted by Gasteiger charge is -2.23. The summed E-state index contributed by atoms with van der Waals surface area (Å²) in [6.07, 6.45) is 5.38. The Morgan fingerprint density at radius 2 is 1.74 bits per heavy atom. The summed E-state index contributed by atoms with van der Waals surface area (Å²) in [5.74, 6) is 2.23. The number of thioether (sulfide) groups is 1. The average molecular weight is 491 g/mol. The zero-order valence-electron chi connectivity index (χ0n) is 18.1. The quantitative estimate of drug-likeness (QED) is 0.258. The van der Waals surface area contributed by atoms with Crippen molar-refractivity contribution in [2.24, 2.45) is 5.10 Å². The predicted octanol–water partition coefficient (Wildman–Crippen LogP) is 5.53. The Labute approximate surface area is 206 Å². The molecule has 170 valence electrons. The van der Waals surface area contributed by atoms with Gasteiger partial charge in [-0.2, -0.15) is 5.10 Å². The third-order valence-electron chi connectivity index (χ3n) is 4.81. The van der Waals surface area contributed by atoms with E-state index in [0.717, 1.165) is 11.1 Å². The highest BCUT2D eigenvalue weighted by atomic mass is 35.5. The Kier molecular flexibility index (Phi) is 7.21. The number of benzene rings is 3. The number of ether oxygens (including phenoxy) is 2. The number of amides is 1. The van der Waals surface area contributed by atoms with Crippen LogP contribution in [-0.4, -0.2) is 28.5 Å². The third kappa shape index (κ3) is 5.09. The first kappa shape index (κ1) is 23.4. The van der Waals surface area contributed by atoms with E-state index in [0.29, 0.717) is 15.8 Å². The highest BCUT2D eigenvalue weighted by Gasteiger charge is 2.37. The fourth-order valence-electron chi connectivity index (χ4n) is 3.34. The van der Waals surface area contributed by atoms with Crippen LogP contribution in [0.25, 0.3) is 0 Å². The van der Waals surface area contributed by atoms with Gasteiger partial charge < -0.3 is 9.47 Å². The van der Waals surface area contributed by atoms with Crippen LogP contribution in [0.4, 0.5) is 0 Å². The van der Waals surface area contributed by atoms with Gasteiger partial charge in [0.2, 0.25) is 0 Å². The molecule has 0 spiro atoms. The van der Waals surface area contributed by atoms with E-state index in [1.165, 1.54) is 23.7 Å². The summed E-state index contributed by atoms with van der Waals surface area (Å²) in [4.78, 5) is 25.3. The van der Waals surface area contributed by atoms with Crippen molar-refractivity contribution in [1.29, 1.82) is 0 Å². The lowest BCUT2D eigenvalue weighted by Crippen LogP contribution is -2.27. The summed E-state index contributed by atoms with van der Waals surface area (Å²) in [7, 11) is 0. The lowest BCUT2D eigenvalue weighted by atomic mass is 10.1. The van der Waals surface area contributed by atoms with Crippen molar-refractivity contribution in [2.45, 2.75) is 12.3 Å². The molecule has 0 saturated carbocycles. The van der Waals surface area contributed by atoms with Gasteiger partial charge in [-0.3, -0.25) is 9.59 Å². The van der Waals surface area contributed by atoms with Gasteiger partial charge in [0.25, 0.3) is 5.91 Å². The second kappa shape index (κ2) is 10.5. The van der Waals surface area contributed by atoms with Crippen LogP contribution in [0.15, 0.2) is 77.9 Å². The molecule has 1 heterocycles.